The molecule has 0 aromatic heterocycles. The van der Waals surface area contributed by atoms with E-state index < -0.39 is 18.3 Å². The maximum absolute atomic E-state index is 11.7. The molecule has 2 aliphatic heterocycles. The molecule has 2 atom stereocenters. The van der Waals surface area contributed by atoms with E-state index in [9.17, 15) is 14.4 Å². The van der Waals surface area contributed by atoms with Gasteiger partial charge in [-0.1, -0.05) is 0 Å². The zero-order valence-corrected chi connectivity index (χ0v) is 9.58. The molecule has 0 bridgehead atoms. The zero-order chi connectivity index (χ0) is 12.7. The molecule has 0 unspecified atom stereocenters. The molecule has 8 nitrogen and oxygen atoms in total. The first-order valence-corrected chi connectivity index (χ1v) is 5.22. The summed E-state index contributed by atoms with van der Waals surface area (Å²) < 4.78 is 0. The molecular formula is C9H14N4O4. The molecule has 0 spiro atoms. The van der Waals surface area contributed by atoms with Gasteiger partial charge in [0.1, 0.15) is 12.3 Å². The first kappa shape index (κ1) is 11.5. The van der Waals surface area contributed by atoms with Crippen molar-refractivity contribution in [2.75, 3.05) is 20.6 Å². The fourth-order valence-corrected chi connectivity index (χ4v) is 2.22. The average Bonchev–Trinajstić information content (AvgIpc) is 2.68. The Kier molecular flexibility index (Phi) is 2.56. The Morgan fingerprint density at radius 2 is 2.00 bits per heavy atom. The smallest absolute Gasteiger partial charge is 0.323 e. The van der Waals surface area contributed by atoms with Gasteiger partial charge in [-0.05, 0) is 0 Å². The molecule has 2 aliphatic rings. The van der Waals surface area contributed by atoms with Gasteiger partial charge in [0.2, 0.25) is 0 Å². The van der Waals surface area contributed by atoms with Crippen molar-refractivity contribution in [3.05, 3.63) is 0 Å². The Bertz CT molecular complexity index is 385. The molecule has 2 N–H and O–H groups in total. The van der Waals surface area contributed by atoms with Crippen molar-refractivity contribution in [3.63, 3.8) is 0 Å². The van der Waals surface area contributed by atoms with Crippen LogP contribution in [0, 0.1) is 0 Å². The number of fused-ring (bicyclic) bond motifs is 1. The van der Waals surface area contributed by atoms with Gasteiger partial charge in [0.05, 0.1) is 6.42 Å². The van der Waals surface area contributed by atoms with Gasteiger partial charge in [-0.2, -0.15) is 0 Å². The third-order valence-electron chi connectivity index (χ3n) is 3.12. The number of rotatable bonds is 3. The van der Waals surface area contributed by atoms with E-state index in [0.717, 1.165) is 0 Å². The number of amides is 4. The van der Waals surface area contributed by atoms with Crippen LogP contribution in [0.5, 0.6) is 0 Å². The molecule has 2 fully saturated rings. The second-order valence-corrected chi connectivity index (χ2v) is 4.15. The molecule has 0 saturated carbocycles. The first-order valence-electron chi connectivity index (χ1n) is 5.22. The van der Waals surface area contributed by atoms with Crippen molar-refractivity contribution < 1.29 is 19.5 Å². The molecule has 8 heteroatoms. The van der Waals surface area contributed by atoms with Gasteiger partial charge in [-0.15, -0.1) is 0 Å². The Hall–Kier alpha value is -1.99. The number of carbonyl (C=O) groups excluding carboxylic acids is 2. The minimum Gasteiger partial charge on any atom is -0.481 e. The fourth-order valence-electron chi connectivity index (χ4n) is 2.22. The topological polar surface area (TPSA) is 93.2 Å². The lowest BCUT2D eigenvalue weighted by Gasteiger charge is -2.25. The number of nitrogens with one attached hydrogen (secondary N) is 1. The highest BCUT2D eigenvalue weighted by molar-refractivity contribution is 5.85. The number of likely N-dealkylation sites (N-methyl/N-ethyl adjacent to an activating group) is 2. The summed E-state index contributed by atoms with van der Waals surface area (Å²) in [6, 6.07) is -0.534. The van der Waals surface area contributed by atoms with Gasteiger partial charge >= 0.3 is 18.0 Å². The Labute approximate surface area is 97.8 Å². The normalized spacial score (nSPS) is 27.5. The molecule has 2 rings (SSSR count). The SMILES string of the molecule is CN1C(=O)N(C)[C@@H]2[C@@H]1NC(=O)N2CCC(=O)O. The van der Waals surface area contributed by atoms with E-state index in [4.69, 9.17) is 5.11 Å². The Morgan fingerprint density at radius 3 is 2.59 bits per heavy atom. The summed E-state index contributed by atoms with van der Waals surface area (Å²) in [4.78, 5) is 38.1. The van der Waals surface area contributed by atoms with E-state index in [2.05, 4.69) is 5.32 Å². The van der Waals surface area contributed by atoms with Crippen LogP contribution in [0.25, 0.3) is 0 Å². The molecular weight excluding hydrogens is 228 g/mol. The standard InChI is InChI=1S/C9H14N4O4/c1-11-6-7(12(2)9(11)17)13(8(16)10-6)4-3-5(14)15/h6-7H,3-4H2,1-2H3,(H,10,16)(H,14,15)/t6-,7+/m1/s1. The predicted octanol–water partition coefficient (Wildman–Crippen LogP) is -0.864. The van der Waals surface area contributed by atoms with Gasteiger partial charge in [-0.25, -0.2) is 9.59 Å². The van der Waals surface area contributed by atoms with E-state index in [-0.39, 0.29) is 25.0 Å². The van der Waals surface area contributed by atoms with Gasteiger partial charge < -0.3 is 20.2 Å². The second-order valence-electron chi connectivity index (χ2n) is 4.15. The fraction of sp³-hybridized carbons (Fsp3) is 0.667. The average molecular weight is 242 g/mol. The van der Waals surface area contributed by atoms with E-state index in [1.54, 1.807) is 14.1 Å². The Morgan fingerprint density at radius 1 is 1.35 bits per heavy atom. The summed E-state index contributed by atoms with van der Waals surface area (Å²) >= 11 is 0. The number of nitrogens with zero attached hydrogens (tertiary/aromatic N) is 3. The van der Waals surface area contributed by atoms with Crippen LogP contribution < -0.4 is 5.32 Å². The molecule has 0 aliphatic carbocycles. The summed E-state index contributed by atoms with van der Waals surface area (Å²) in [5.41, 5.74) is 0. The van der Waals surface area contributed by atoms with Crippen molar-refractivity contribution >= 4 is 18.0 Å². The van der Waals surface area contributed by atoms with Crippen molar-refractivity contribution in [1.29, 1.82) is 0 Å². The molecule has 0 aromatic rings. The van der Waals surface area contributed by atoms with Gasteiger partial charge in [0, 0.05) is 20.6 Å². The minimum absolute atomic E-state index is 0.0911. The number of carboxylic acids is 1. The van der Waals surface area contributed by atoms with Crippen molar-refractivity contribution in [2.45, 2.75) is 18.8 Å². The van der Waals surface area contributed by atoms with Crippen LogP contribution in [0.1, 0.15) is 6.42 Å². The lowest BCUT2D eigenvalue weighted by Crippen LogP contribution is -2.45. The molecule has 4 amide bonds. The first-order chi connectivity index (χ1) is 7.93. The minimum atomic E-state index is -0.971. The summed E-state index contributed by atoms with van der Waals surface area (Å²) in [6.07, 6.45) is -0.976. The molecule has 0 aromatic carbocycles. The van der Waals surface area contributed by atoms with E-state index >= 15 is 0 Å². The Balaban J connectivity index is 2.15. The van der Waals surface area contributed by atoms with Gasteiger partial charge in [0.15, 0.2) is 0 Å². The van der Waals surface area contributed by atoms with Crippen molar-refractivity contribution in [3.8, 4) is 0 Å². The predicted molar refractivity (Wildman–Crippen MR) is 56.0 cm³/mol. The molecule has 2 saturated heterocycles. The lowest BCUT2D eigenvalue weighted by atomic mass is 10.3. The number of urea groups is 2. The summed E-state index contributed by atoms with van der Waals surface area (Å²) in [5.74, 6) is -0.971. The van der Waals surface area contributed by atoms with Crippen LogP contribution in [0.4, 0.5) is 9.59 Å². The molecule has 94 valence electrons. The van der Waals surface area contributed by atoms with Crippen LogP contribution in [0.2, 0.25) is 0 Å². The number of carboxylic acid groups (broad SMARTS) is 1. The highest BCUT2D eigenvalue weighted by Crippen LogP contribution is 2.26. The van der Waals surface area contributed by atoms with Gasteiger partial charge in [0.25, 0.3) is 0 Å². The highest BCUT2D eigenvalue weighted by Gasteiger charge is 2.52. The summed E-state index contributed by atoms with van der Waals surface area (Å²) in [7, 11) is 3.20. The second kappa shape index (κ2) is 3.79. The van der Waals surface area contributed by atoms with E-state index in [0.29, 0.717) is 0 Å². The quantitative estimate of drug-likeness (QED) is 0.673. The lowest BCUT2D eigenvalue weighted by molar-refractivity contribution is -0.137. The monoisotopic (exact) mass is 242 g/mol. The van der Waals surface area contributed by atoms with Crippen LogP contribution in [-0.2, 0) is 4.79 Å². The third-order valence-corrected chi connectivity index (χ3v) is 3.12. The van der Waals surface area contributed by atoms with E-state index in [1.165, 1.54) is 14.7 Å². The van der Waals surface area contributed by atoms with Crippen LogP contribution in [0.15, 0.2) is 0 Å². The van der Waals surface area contributed by atoms with Crippen molar-refractivity contribution in [1.82, 2.24) is 20.0 Å². The van der Waals surface area contributed by atoms with Gasteiger partial charge in [-0.3, -0.25) is 9.69 Å². The molecule has 2 heterocycles. The van der Waals surface area contributed by atoms with E-state index in [1.807, 2.05) is 0 Å². The summed E-state index contributed by atoms with van der Waals surface area (Å²) in [5, 5.41) is 11.3. The maximum Gasteiger partial charge on any atom is 0.323 e. The highest BCUT2D eigenvalue weighted by atomic mass is 16.4. The molecule has 17 heavy (non-hydrogen) atoms. The zero-order valence-electron chi connectivity index (χ0n) is 9.58. The number of carbonyl (C=O) groups is 3. The largest absolute Gasteiger partial charge is 0.481 e. The number of hydrogen-bond acceptors (Lipinski definition) is 3. The van der Waals surface area contributed by atoms with Crippen LogP contribution >= 0.6 is 0 Å². The van der Waals surface area contributed by atoms with Crippen LogP contribution in [0.3, 0.4) is 0 Å². The summed E-state index contributed by atoms with van der Waals surface area (Å²) in [6.45, 7) is 0.0911. The number of hydrogen-bond donors (Lipinski definition) is 2. The molecule has 0 radical (unpaired) electrons. The number of aliphatic carboxylic acids is 1. The third kappa shape index (κ3) is 1.65. The van der Waals surface area contributed by atoms with Crippen molar-refractivity contribution in [2.24, 2.45) is 0 Å². The maximum atomic E-state index is 11.7. The van der Waals surface area contributed by atoms with Crippen LogP contribution in [-0.4, -0.2) is 70.8 Å².